The molecule has 78 valence electrons. The van der Waals surface area contributed by atoms with Gasteiger partial charge in [-0.1, -0.05) is 32.4 Å². The number of hydrogen-bond acceptors (Lipinski definition) is 2. The molecule has 2 nitrogen and oxygen atoms in total. The highest BCUT2D eigenvalue weighted by Gasteiger charge is 2.14. The van der Waals surface area contributed by atoms with Crippen molar-refractivity contribution in [3.05, 3.63) is 29.3 Å². The Kier molecular flexibility index (Phi) is 3.53. The Hall–Kier alpha value is -1.02. The lowest BCUT2D eigenvalue weighted by Gasteiger charge is -2.18. The number of aliphatic hydroxyl groups is 1. The Balaban J connectivity index is 2.91. The van der Waals surface area contributed by atoms with Gasteiger partial charge in [0, 0.05) is 5.69 Å². The Morgan fingerprint density at radius 3 is 2.57 bits per heavy atom. The Morgan fingerprint density at radius 1 is 1.43 bits per heavy atom. The van der Waals surface area contributed by atoms with Crippen molar-refractivity contribution in [2.45, 2.75) is 33.3 Å². The maximum Gasteiger partial charge on any atom is 0.0816 e. The average molecular weight is 193 g/mol. The summed E-state index contributed by atoms with van der Waals surface area (Å²) in [5, 5.41) is 9.95. The molecular weight excluding hydrogens is 174 g/mol. The minimum absolute atomic E-state index is 0.275. The minimum atomic E-state index is -0.400. The van der Waals surface area contributed by atoms with Gasteiger partial charge >= 0.3 is 0 Å². The van der Waals surface area contributed by atoms with Crippen LogP contribution < -0.4 is 5.73 Å². The third-order valence-corrected chi connectivity index (χ3v) is 2.83. The van der Waals surface area contributed by atoms with Crippen LogP contribution in [0.4, 0.5) is 5.69 Å². The van der Waals surface area contributed by atoms with Gasteiger partial charge in [0.1, 0.15) is 0 Å². The monoisotopic (exact) mass is 193 g/mol. The minimum Gasteiger partial charge on any atom is -0.399 e. The summed E-state index contributed by atoms with van der Waals surface area (Å²) in [6.07, 6.45) is 0.567. The molecule has 0 spiro atoms. The molecule has 14 heavy (non-hydrogen) atoms. The molecule has 0 aliphatic heterocycles. The maximum atomic E-state index is 9.95. The second-order valence-corrected chi connectivity index (χ2v) is 3.95. The van der Waals surface area contributed by atoms with Gasteiger partial charge < -0.3 is 10.8 Å². The topological polar surface area (TPSA) is 46.2 Å². The third-order valence-electron chi connectivity index (χ3n) is 2.83. The number of benzene rings is 1. The fourth-order valence-corrected chi connectivity index (χ4v) is 1.39. The molecule has 1 rings (SSSR count). The Labute approximate surface area is 85.8 Å². The summed E-state index contributed by atoms with van der Waals surface area (Å²) in [5.74, 6) is 0.275. The van der Waals surface area contributed by atoms with E-state index in [0.29, 0.717) is 0 Å². The molecule has 0 fully saturated rings. The van der Waals surface area contributed by atoms with Gasteiger partial charge in [-0.25, -0.2) is 0 Å². The van der Waals surface area contributed by atoms with Crippen molar-refractivity contribution < 1.29 is 5.11 Å². The van der Waals surface area contributed by atoms with Gasteiger partial charge in [0.25, 0.3) is 0 Å². The van der Waals surface area contributed by atoms with E-state index in [0.717, 1.165) is 23.2 Å². The molecule has 0 aromatic heterocycles. The first kappa shape index (κ1) is 11.1. The van der Waals surface area contributed by atoms with Crippen LogP contribution in [-0.2, 0) is 0 Å². The summed E-state index contributed by atoms with van der Waals surface area (Å²) >= 11 is 0. The molecule has 0 amide bonds. The fourth-order valence-electron chi connectivity index (χ4n) is 1.39. The molecule has 0 heterocycles. The van der Waals surface area contributed by atoms with Gasteiger partial charge in [0.15, 0.2) is 0 Å². The molecule has 0 radical (unpaired) electrons. The normalized spacial score (nSPS) is 15.1. The number of nitrogen functional groups attached to an aromatic ring is 1. The summed E-state index contributed by atoms with van der Waals surface area (Å²) in [6.45, 7) is 6.08. The van der Waals surface area contributed by atoms with Crippen molar-refractivity contribution in [3.8, 4) is 0 Å². The van der Waals surface area contributed by atoms with Crippen LogP contribution in [0.1, 0.15) is 37.5 Å². The Morgan fingerprint density at radius 2 is 2.07 bits per heavy atom. The zero-order valence-electron chi connectivity index (χ0n) is 9.12. The van der Waals surface area contributed by atoms with Crippen LogP contribution in [-0.4, -0.2) is 5.11 Å². The van der Waals surface area contributed by atoms with Gasteiger partial charge in [-0.15, -0.1) is 0 Å². The van der Waals surface area contributed by atoms with Crippen LogP contribution in [0, 0.1) is 12.8 Å². The van der Waals surface area contributed by atoms with Crippen molar-refractivity contribution in [2.24, 2.45) is 5.92 Å². The van der Waals surface area contributed by atoms with E-state index in [1.54, 1.807) is 0 Å². The van der Waals surface area contributed by atoms with Crippen LogP contribution in [0.3, 0.4) is 0 Å². The lowest BCUT2D eigenvalue weighted by atomic mass is 9.94. The summed E-state index contributed by atoms with van der Waals surface area (Å²) < 4.78 is 0. The highest BCUT2D eigenvalue weighted by atomic mass is 16.3. The molecule has 3 N–H and O–H groups in total. The van der Waals surface area contributed by atoms with Gasteiger partial charge in [0.2, 0.25) is 0 Å². The molecule has 1 aromatic rings. The number of rotatable bonds is 3. The highest BCUT2D eigenvalue weighted by Crippen LogP contribution is 2.26. The van der Waals surface area contributed by atoms with E-state index in [2.05, 4.69) is 6.92 Å². The van der Waals surface area contributed by atoms with E-state index < -0.39 is 6.10 Å². The van der Waals surface area contributed by atoms with E-state index in [1.165, 1.54) is 0 Å². The summed E-state index contributed by atoms with van der Waals surface area (Å²) in [4.78, 5) is 0. The second kappa shape index (κ2) is 4.47. The smallest absolute Gasteiger partial charge is 0.0816 e. The lowest BCUT2D eigenvalue weighted by Crippen LogP contribution is -2.08. The molecule has 0 saturated heterocycles. The third kappa shape index (κ3) is 2.26. The first-order valence-corrected chi connectivity index (χ1v) is 5.10. The SMILES string of the molecule is CCC(C)C(O)c1ccc(C)c(N)c1. The molecule has 0 aliphatic rings. The average Bonchev–Trinajstić information content (AvgIpc) is 2.20. The molecule has 1 aromatic carbocycles. The molecule has 2 unspecified atom stereocenters. The number of nitrogens with two attached hydrogens (primary N) is 1. The van der Waals surface area contributed by atoms with Crippen molar-refractivity contribution >= 4 is 5.69 Å². The van der Waals surface area contributed by atoms with Crippen LogP contribution in [0.15, 0.2) is 18.2 Å². The summed E-state index contributed by atoms with van der Waals surface area (Å²) in [7, 11) is 0. The van der Waals surface area contributed by atoms with E-state index in [4.69, 9.17) is 5.73 Å². The number of hydrogen-bond donors (Lipinski definition) is 2. The van der Waals surface area contributed by atoms with Crippen LogP contribution in [0.25, 0.3) is 0 Å². The van der Waals surface area contributed by atoms with Gasteiger partial charge in [0.05, 0.1) is 6.10 Å². The lowest BCUT2D eigenvalue weighted by molar-refractivity contribution is 0.115. The van der Waals surface area contributed by atoms with E-state index in [1.807, 2.05) is 32.0 Å². The molecule has 2 atom stereocenters. The van der Waals surface area contributed by atoms with Gasteiger partial charge in [-0.2, -0.15) is 0 Å². The quantitative estimate of drug-likeness (QED) is 0.725. The zero-order valence-corrected chi connectivity index (χ0v) is 9.12. The fraction of sp³-hybridized carbons (Fsp3) is 0.500. The first-order chi connectivity index (χ1) is 6.56. The molecule has 0 saturated carbocycles. The van der Waals surface area contributed by atoms with Crippen LogP contribution in [0.5, 0.6) is 0 Å². The van der Waals surface area contributed by atoms with Crippen LogP contribution >= 0.6 is 0 Å². The predicted molar refractivity (Wildman–Crippen MR) is 60.0 cm³/mol. The summed E-state index contributed by atoms with van der Waals surface area (Å²) in [5.41, 5.74) is 8.52. The highest BCUT2D eigenvalue weighted by molar-refractivity contribution is 5.48. The number of aryl methyl sites for hydroxylation is 1. The summed E-state index contributed by atoms with van der Waals surface area (Å²) in [6, 6.07) is 5.77. The maximum absolute atomic E-state index is 9.95. The molecule has 0 bridgehead atoms. The molecule has 2 heteroatoms. The largest absolute Gasteiger partial charge is 0.399 e. The van der Waals surface area contributed by atoms with Crippen molar-refractivity contribution in [2.75, 3.05) is 5.73 Å². The van der Waals surface area contributed by atoms with Crippen LogP contribution in [0.2, 0.25) is 0 Å². The van der Waals surface area contributed by atoms with Gasteiger partial charge in [-0.3, -0.25) is 0 Å². The Bertz CT molecular complexity index is 309. The van der Waals surface area contributed by atoms with E-state index in [-0.39, 0.29) is 5.92 Å². The van der Waals surface area contributed by atoms with Crippen molar-refractivity contribution in [1.82, 2.24) is 0 Å². The van der Waals surface area contributed by atoms with E-state index in [9.17, 15) is 5.11 Å². The number of aliphatic hydroxyl groups excluding tert-OH is 1. The molecule has 0 aliphatic carbocycles. The molecular formula is C12H19NO. The van der Waals surface area contributed by atoms with E-state index >= 15 is 0 Å². The number of anilines is 1. The first-order valence-electron chi connectivity index (χ1n) is 5.10. The second-order valence-electron chi connectivity index (χ2n) is 3.95. The predicted octanol–water partition coefficient (Wildman–Crippen LogP) is 2.66. The van der Waals surface area contributed by atoms with Crippen molar-refractivity contribution in [3.63, 3.8) is 0 Å². The van der Waals surface area contributed by atoms with Crippen molar-refractivity contribution in [1.29, 1.82) is 0 Å². The van der Waals surface area contributed by atoms with Gasteiger partial charge in [-0.05, 0) is 30.0 Å². The zero-order chi connectivity index (χ0) is 10.7. The standard InChI is InChI=1S/C12H19NO/c1-4-8(2)12(14)10-6-5-9(3)11(13)7-10/h5-8,12,14H,4,13H2,1-3H3.